The second kappa shape index (κ2) is 4.22. The first-order chi connectivity index (χ1) is 1.73. The first-order valence-electron chi connectivity index (χ1n) is 0.732. The second-order valence-electron chi connectivity index (χ2n) is 0.339. The van der Waals surface area contributed by atoms with Gasteiger partial charge in [-0.3, -0.25) is 0 Å². The molecule has 0 aromatic heterocycles. The summed E-state index contributed by atoms with van der Waals surface area (Å²) in [6, 6.07) is 0. The van der Waals surface area contributed by atoms with Gasteiger partial charge in [0.15, 0.2) is 0 Å². The maximum atomic E-state index is 10.1. The van der Waals surface area contributed by atoms with E-state index in [4.69, 9.17) is 0 Å². The van der Waals surface area contributed by atoms with Gasteiger partial charge in [-0.05, 0) is 6.58 Å². The summed E-state index contributed by atoms with van der Waals surface area (Å²) < 4.78 is 20.3. The Balaban J connectivity index is 0. The minimum absolute atomic E-state index is 0. The molecule has 0 N–H and O–H groups in total. The van der Waals surface area contributed by atoms with Crippen LogP contribution in [0.1, 0.15) is 0 Å². The van der Waals surface area contributed by atoms with Crippen LogP contribution in [0.2, 0.25) is 0 Å². The molecule has 0 fully saturated rings. The molecule has 0 atom stereocenters. The molecular weight excluding hydrogens is 127 g/mol. The SMILES string of the molecule is C=C(F)F.[Zn]. The Kier molecular flexibility index (Phi) is 7.57. The first kappa shape index (κ1) is 8.97. The van der Waals surface area contributed by atoms with Crippen LogP contribution < -0.4 is 0 Å². The average molecular weight is 129 g/mol. The van der Waals surface area contributed by atoms with Crippen molar-refractivity contribution in [1.29, 1.82) is 0 Å². The Morgan fingerprint density at radius 2 is 1.40 bits per heavy atom. The molecule has 26 valence electrons. The minimum atomic E-state index is -1.83. The first-order valence-corrected chi connectivity index (χ1v) is 0.732. The minimum Gasteiger partial charge on any atom is -0.174 e. The van der Waals surface area contributed by atoms with Crippen LogP contribution in [0.5, 0.6) is 0 Å². The molecule has 0 rings (SSSR count). The monoisotopic (exact) mass is 128 g/mol. The summed E-state index contributed by atoms with van der Waals surface area (Å²) >= 11 is 0. The average Bonchev–Trinajstić information content (AvgIpc) is 0.811. The van der Waals surface area contributed by atoms with Crippen molar-refractivity contribution in [3.8, 4) is 0 Å². The summed E-state index contributed by atoms with van der Waals surface area (Å²) in [6.45, 7) is 2.22. The molecule has 0 saturated heterocycles. The fourth-order valence-electron chi connectivity index (χ4n) is 0. The van der Waals surface area contributed by atoms with Crippen molar-refractivity contribution in [3.05, 3.63) is 12.7 Å². The molecule has 0 aliphatic heterocycles. The number of hydrogen-bond acceptors (Lipinski definition) is 0. The number of halogens is 2. The molecule has 0 radical (unpaired) electrons. The van der Waals surface area contributed by atoms with E-state index < -0.39 is 6.08 Å². The van der Waals surface area contributed by atoms with Gasteiger partial charge in [-0.1, -0.05) is 0 Å². The van der Waals surface area contributed by atoms with E-state index in [1.165, 1.54) is 0 Å². The summed E-state index contributed by atoms with van der Waals surface area (Å²) in [6.07, 6.45) is -1.83. The van der Waals surface area contributed by atoms with E-state index in [1.807, 2.05) is 0 Å². The zero-order valence-corrected chi connectivity index (χ0v) is 5.64. The van der Waals surface area contributed by atoms with E-state index in [1.54, 1.807) is 0 Å². The largest absolute Gasteiger partial charge is 0.263 e. The van der Waals surface area contributed by atoms with Crippen molar-refractivity contribution < 1.29 is 28.3 Å². The molecule has 0 saturated carbocycles. The molecule has 3 heteroatoms. The van der Waals surface area contributed by atoms with Crippen molar-refractivity contribution >= 4 is 0 Å². The Morgan fingerprint density at radius 3 is 1.40 bits per heavy atom. The Hall–Kier alpha value is 0.223. The van der Waals surface area contributed by atoms with Crippen LogP contribution in [0.4, 0.5) is 8.78 Å². The van der Waals surface area contributed by atoms with Gasteiger partial charge in [0, 0.05) is 19.5 Å². The molecule has 0 unspecified atom stereocenters. The molecular formula is C2H2F2Zn. The van der Waals surface area contributed by atoms with E-state index in [-0.39, 0.29) is 19.5 Å². The molecule has 0 aromatic carbocycles. The zero-order valence-electron chi connectivity index (χ0n) is 2.67. The van der Waals surface area contributed by atoms with E-state index in [0.29, 0.717) is 0 Å². The van der Waals surface area contributed by atoms with Crippen molar-refractivity contribution in [3.63, 3.8) is 0 Å². The maximum Gasteiger partial charge on any atom is 0.263 e. The summed E-state index contributed by atoms with van der Waals surface area (Å²) in [5, 5.41) is 0. The van der Waals surface area contributed by atoms with Crippen LogP contribution >= 0.6 is 0 Å². The van der Waals surface area contributed by atoms with E-state index in [0.717, 1.165) is 0 Å². The fourth-order valence-corrected chi connectivity index (χ4v) is 0. The molecule has 0 heterocycles. The quantitative estimate of drug-likeness (QED) is 0.434. The molecule has 0 nitrogen and oxygen atoms in total. The predicted octanol–water partition coefficient (Wildman–Crippen LogP) is 1.39. The van der Waals surface area contributed by atoms with E-state index >= 15 is 0 Å². The summed E-state index contributed by atoms with van der Waals surface area (Å²) in [4.78, 5) is 0. The fraction of sp³-hybridized carbons (Fsp3) is 0. The summed E-state index contributed by atoms with van der Waals surface area (Å²) in [5.74, 6) is 0. The van der Waals surface area contributed by atoms with Crippen LogP contribution in [0, 0.1) is 0 Å². The normalized spacial score (nSPS) is 5.20. The Morgan fingerprint density at radius 1 is 1.40 bits per heavy atom. The van der Waals surface area contributed by atoms with Gasteiger partial charge in [-0.15, -0.1) is 0 Å². The molecule has 0 aliphatic carbocycles. The van der Waals surface area contributed by atoms with Crippen molar-refractivity contribution in [2.45, 2.75) is 0 Å². The smallest absolute Gasteiger partial charge is 0.174 e. The zero-order chi connectivity index (χ0) is 3.58. The van der Waals surface area contributed by atoms with Crippen LogP contribution in [0.15, 0.2) is 12.7 Å². The van der Waals surface area contributed by atoms with Gasteiger partial charge in [-0.25, -0.2) is 0 Å². The second-order valence-corrected chi connectivity index (χ2v) is 0.339. The van der Waals surface area contributed by atoms with Gasteiger partial charge in [0.1, 0.15) is 0 Å². The van der Waals surface area contributed by atoms with Gasteiger partial charge >= 0.3 is 0 Å². The number of rotatable bonds is 0. The molecule has 5 heavy (non-hydrogen) atoms. The van der Waals surface area contributed by atoms with Crippen molar-refractivity contribution in [2.75, 3.05) is 0 Å². The number of hydrogen-bond donors (Lipinski definition) is 0. The Labute approximate surface area is 41.6 Å². The topological polar surface area (TPSA) is 0 Å². The van der Waals surface area contributed by atoms with E-state index in [2.05, 4.69) is 6.58 Å². The van der Waals surface area contributed by atoms with Crippen molar-refractivity contribution in [1.82, 2.24) is 0 Å². The predicted molar refractivity (Wildman–Crippen MR) is 11.4 cm³/mol. The van der Waals surface area contributed by atoms with Crippen LogP contribution in [0.25, 0.3) is 0 Å². The van der Waals surface area contributed by atoms with Crippen molar-refractivity contribution in [2.24, 2.45) is 0 Å². The van der Waals surface area contributed by atoms with Gasteiger partial charge in [0.05, 0.1) is 0 Å². The van der Waals surface area contributed by atoms with E-state index in [9.17, 15) is 8.78 Å². The molecule has 0 amide bonds. The third-order valence-electron chi connectivity index (χ3n) is 0. The van der Waals surface area contributed by atoms with Crippen LogP contribution in [0.3, 0.4) is 0 Å². The van der Waals surface area contributed by atoms with Gasteiger partial charge < -0.3 is 0 Å². The van der Waals surface area contributed by atoms with Gasteiger partial charge in [0.2, 0.25) is 0 Å². The van der Waals surface area contributed by atoms with Crippen LogP contribution in [-0.4, -0.2) is 0 Å². The molecule has 0 bridgehead atoms. The summed E-state index contributed by atoms with van der Waals surface area (Å²) in [7, 11) is 0. The van der Waals surface area contributed by atoms with Gasteiger partial charge in [0.25, 0.3) is 6.08 Å². The van der Waals surface area contributed by atoms with Gasteiger partial charge in [-0.2, -0.15) is 8.78 Å². The Bertz CT molecular complexity index is 30.6. The molecule has 0 aliphatic rings. The third-order valence-corrected chi connectivity index (χ3v) is 0. The standard InChI is InChI=1S/C2H2F2.Zn/c1-2(3)4;/h1H2;. The third kappa shape index (κ3) is 418. The molecule has 0 spiro atoms. The molecule has 0 aromatic rings. The summed E-state index contributed by atoms with van der Waals surface area (Å²) in [5.41, 5.74) is 0. The van der Waals surface area contributed by atoms with Crippen LogP contribution in [-0.2, 0) is 19.5 Å². The maximum absolute atomic E-state index is 10.1.